The molecule has 0 aromatic heterocycles. The van der Waals surface area contributed by atoms with Crippen LogP contribution in [0.25, 0.3) is 0 Å². The topological polar surface area (TPSA) is 88.9 Å². The molecule has 1 unspecified atom stereocenters. The van der Waals surface area contributed by atoms with Gasteiger partial charge in [0, 0.05) is 10.6 Å². The predicted molar refractivity (Wildman–Crippen MR) is 108 cm³/mol. The summed E-state index contributed by atoms with van der Waals surface area (Å²) >= 11 is 5.95. The number of hydrogen-bond acceptors (Lipinski definition) is 4. The maximum Gasteiger partial charge on any atom is 0.279 e. The van der Waals surface area contributed by atoms with Gasteiger partial charge in [0.15, 0.2) is 18.9 Å². The van der Waals surface area contributed by atoms with Gasteiger partial charge < -0.3 is 20.3 Å². The summed E-state index contributed by atoms with van der Waals surface area (Å²) in [5.74, 6) is -0.213. The molecule has 148 valence electrons. The number of ketones is 1. The first-order chi connectivity index (χ1) is 13.3. The van der Waals surface area contributed by atoms with Crippen molar-refractivity contribution in [3.8, 4) is 5.75 Å². The number of carbonyl (C=O) groups excluding carboxylic acids is 3. The molecular weight excluding hydrogens is 382 g/mol. The fraction of sp³-hybridized carbons (Fsp3) is 0.250. The van der Waals surface area contributed by atoms with E-state index < -0.39 is 0 Å². The highest BCUT2D eigenvalue weighted by atomic mass is 35.5. The summed E-state index contributed by atoms with van der Waals surface area (Å²) in [5.41, 5.74) is 1.37. The van der Waals surface area contributed by atoms with Crippen LogP contribution in [-0.4, -0.2) is 44.8 Å². The van der Waals surface area contributed by atoms with E-state index in [0.717, 1.165) is 0 Å². The summed E-state index contributed by atoms with van der Waals surface area (Å²) in [6, 6.07) is 11.7. The van der Waals surface area contributed by atoms with Crippen molar-refractivity contribution in [2.45, 2.75) is 6.92 Å². The Bertz CT molecular complexity index is 886. The average Bonchev–Trinajstić information content (AvgIpc) is 2.61. The van der Waals surface area contributed by atoms with Gasteiger partial charge in [0.25, 0.3) is 11.8 Å². The minimum absolute atomic E-state index is 0.0618. The summed E-state index contributed by atoms with van der Waals surface area (Å²) in [4.78, 5) is 36.9. The molecule has 0 bridgehead atoms. The van der Waals surface area contributed by atoms with Crippen molar-refractivity contribution in [2.75, 3.05) is 37.9 Å². The van der Waals surface area contributed by atoms with Gasteiger partial charge in [-0.05, 0) is 37.3 Å². The molecule has 2 aromatic carbocycles. The zero-order valence-corrected chi connectivity index (χ0v) is 16.7. The SMILES string of the molecule is COc1ccc(Cl)cc1NC(=O)C[NH+](C)CC(=O)Nc1ccccc1C(C)=O. The minimum atomic E-state index is -0.292. The zero-order valence-electron chi connectivity index (χ0n) is 16.0. The summed E-state index contributed by atoms with van der Waals surface area (Å²) in [6.45, 7) is 1.57. The van der Waals surface area contributed by atoms with Crippen molar-refractivity contribution in [1.82, 2.24) is 0 Å². The second kappa shape index (κ2) is 9.87. The van der Waals surface area contributed by atoms with Gasteiger partial charge >= 0.3 is 0 Å². The van der Waals surface area contributed by atoms with E-state index in [1.54, 1.807) is 49.5 Å². The van der Waals surface area contributed by atoms with Gasteiger partial charge in [-0.1, -0.05) is 23.7 Å². The van der Waals surface area contributed by atoms with Crippen LogP contribution in [0.5, 0.6) is 5.75 Å². The highest BCUT2D eigenvalue weighted by molar-refractivity contribution is 6.31. The van der Waals surface area contributed by atoms with Crippen LogP contribution < -0.4 is 20.3 Å². The van der Waals surface area contributed by atoms with Gasteiger partial charge in [-0.2, -0.15) is 0 Å². The van der Waals surface area contributed by atoms with E-state index in [9.17, 15) is 14.4 Å². The molecule has 0 aliphatic rings. The third kappa shape index (κ3) is 6.07. The standard InChI is InChI=1S/C20H22ClN3O4/c1-13(25)15-6-4-5-7-16(15)22-19(26)11-24(2)12-20(27)23-17-10-14(21)8-9-18(17)28-3/h4-10H,11-12H2,1-3H3,(H,22,26)(H,23,27)/p+1. The van der Waals surface area contributed by atoms with E-state index in [-0.39, 0.29) is 30.7 Å². The highest BCUT2D eigenvalue weighted by Gasteiger charge is 2.17. The van der Waals surface area contributed by atoms with Crippen molar-refractivity contribution in [1.29, 1.82) is 0 Å². The number of likely N-dealkylation sites (N-methyl/N-ethyl adjacent to an activating group) is 1. The van der Waals surface area contributed by atoms with Crippen LogP contribution in [0.4, 0.5) is 11.4 Å². The molecule has 2 amide bonds. The van der Waals surface area contributed by atoms with Crippen LogP contribution >= 0.6 is 11.6 Å². The fourth-order valence-electron chi connectivity index (χ4n) is 2.68. The number of ether oxygens (including phenoxy) is 1. The molecule has 7 nitrogen and oxygen atoms in total. The quantitative estimate of drug-likeness (QED) is 0.583. The first-order valence-electron chi connectivity index (χ1n) is 8.64. The predicted octanol–water partition coefficient (Wildman–Crippen LogP) is 1.64. The Kier molecular flexibility index (Phi) is 7.54. The second-order valence-electron chi connectivity index (χ2n) is 6.35. The summed E-state index contributed by atoms with van der Waals surface area (Å²) < 4.78 is 5.20. The number of Topliss-reactive ketones (excluding diaryl/α,β-unsaturated/α-hetero) is 1. The first-order valence-corrected chi connectivity index (χ1v) is 9.02. The number of anilines is 2. The molecule has 2 aromatic rings. The molecule has 28 heavy (non-hydrogen) atoms. The van der Waals surface area contributed by atoms with Gasteiger partial charge in [0.2, 0.25) is 0 Å². The van der Waals surface area contributed by atoms with E-state index in [1.807, 2.05) is 0 Å². The number of nitrogens with one attached hydrogen (secondary N) is 3. The average molecular weight is 405 g/mol. The molecule has 1 atom stereocenters. The van der Waals surface area contributed by atoms with Crippen molar-refractivity contribution in [2.24, 2.45) is 0 Å². The van der Waals surface area contributed by atoms with Crippen LogP contribution in [-0.2, 0) is 9.59 Å². The number of quaternary nitrogens is 1. The molecule has 0 aliphatic carbocycles. The largest absolute Gasteiger partial charge is 0.495 e. The van der Waals surface area contributed by atoms with Gasteiger partial charge in [-0.15, -0.1) is 0 Å². The Balaban J connectivity index is 1.92. The molecule has 0 fully saturated rings. The molecular formula is C20H23ClN3O4+. The molecule has 0 aliphatic heterocycles. The Labute approximate surface area is 168 Å². The van der Waals surface area contributed by atoms with Gasteiger partial charge in [0.05, 0.1) is 25.5 Å². The van der Waals surface area contributed by atoms with Gasteiger partial charge in [-0.25, -0.2) is 0 Å². The van der Waals surface area contributed by atoms with E-state index in [4.69, 9.17) is 16.3 Å². The molecule has 3 N–H and O–H groups in total. The monoisotopic (exact) mass is 404 g/mol. The van der Waals surface area contributed by atoms with Crippen LogP contribution in [0.3, 0.4) is 0 Å². The lowest BCUT2D eigenvalue weighted by molar-refractivity contribution is -0.862. The first kappa shape index (κ1) is 21.4. The smallest absolute Gasteiger partial charge is 0.279 e. The van der Waals surface area contributed by atoms with Crippen LogP contribution in [0.2, 0.25) is 5.02 Å². The molecule has 0 saturated heterocycles. The maximum absolute atomic E-state index is 12.3. The van der Waals surface area contributed by atoms with Crippen LogP contribution in [0, 0.1) is 0 Å². The number of para-hydroxylation sites is 1. The number of rotatable bonds is 8. The van der Waals surface area contributed by atoms with Crippen molar-refractivity contribution < 1.29 is 24.0 Å². The van der Waals surface area contributed by atoms with Crippen LogP contribution in [0.15, 0.2) is 42.5 Å². The molecule has 0 radical (unpaired) electrons. The number of carbonyl (C=O) groups is 3. The maximum atomic E-state index is 12.3. The second-order valence-corrected chi connectivity index (χ2v) is 6.79. The molecule has 2 rings (SSSR count). The third-order valence-corrected chi connectivity index (χ3v) is 4.18. The minimum Gasteiger partial charge on any atom is -0.495 e. The van der Waals surface area contributed by atoms with E-state index in [1.165, 1.54) is 14.0 Å². The summed E-state index contributed by atoms with van der Waals surface area (Å²) in [6.07, 6.45) is 0. The molecule has 0 heterocycles. The third-order valence-electron chi connectivity index (χ3n) is 3.94. The van der Waals surface area contributed by atoms with Crippen molar-refractivity contribution in [3.63, 3.8) is 0 Å². The molecule has 0 spiro atoms. The lowest BCUT2D eigenvalue weighted by Crippen LogP contribution is -3.11. The molecule has 0 saturated carbocycles. The van der Waals surface area contributed by atoms with E-state index in [0.29, 0.717) is 32.6 Å². The Morgan fingerprint density at radius 1 is 1.00 bits per heavy atom. The number of benzene rings is 2. The highest BCUT2D eigenvalue weighted by Crippen LogP contribution is 2.27. The van der Waals surface area contributed by atoms with E-state index in [2.05, 4.69) is 10.6 Å². The van der Waals surface area contributed by atoms with E-state index >= 15 is 0 Å². The molecule has 8 heteroatoms. The Morgan fingerprint density at radius 2 is 1.61 bits per heavy atom. The van der Waals surface area contributed by atoms with Crippen molar-refractivity contribution in [3.05, 3.63) is 53.1 Å². The number of amides is 2. The number of methoxy groups -OCH3 is 1. The Morgan fingerprint density at radius 3 is 2.21 bits per heavy atom. The van der Waals surface area contributed by atoms with Gasteiger partial charge in [-0.3, -0.25) is 14.4 Å². The summed E-state index contributed by atoms with van der Waals surface area (Å²) in [7, 11) is 3.23. The fourth-order valence-corrected chi connectivity index (χ4v) is 2.85. The zero-order chi connectivity index (χ0) is 20.7. The summed E-state index contributed by atoms with van der Waals surface area (Å²) in [5, 5.41) is 5.93. The van der Waals surface area contributed by atoms with Gasteiger partial charge in [0.1, 0.15) is 5.75 Å². The Hall–Kier alpha value is -2.90. The lowest BCUT2D eigenvalue weighted by atomic mass is 10.1. The van der Waals surface area contributed by atoms with Crippen molar-refractivity contribution >= 4 is 40.6 Å². The number of hydrogen-bond donors (Lipinski definition) is 3. The number of halogens is 1. The normalized spacial score (nSPS) is 11.4. The van der Waals surface area contributed by atoms with Crippen LogP contribution in [0.1, 0.15) is 17.3 Å². The lowest BCUT2D eigenvalue weighted by Gasteiger charge is -2.15.